The zero-order chi connectivity index (χ0) is 23.3. The number of aromatic hydroxyl groups is 1. The molecule has 1 saturated heterocycles. The van der Waals surface area contributed by atoms with Crippen LogP contribution in [0.1, 0.15) is 30.4 Å². The fraction of sp³-hybridized carbons (Fsp3) is 0.429. The summed E-state index contributed by atoms with van der Waals surface area (Å²) in [4.78, 5) is 12.9. The van der Waals surface area contributed by atoms with Gasteiger partial charge in [0.15, 0.2) is 5.82 Å². The third-order valence-corrected chi connectivity index (χ3v) is 5.27. The van der Waals surface area contributed by atoms with Crippen molar-refractivity contribution < 1.29 is 28.5 Å². The van der Waals surface area contributed by atoms with Crippen molar-refractivity contribution >= 4 is 11.8 Å². The molecule has 32 heavy (non-hydrogen) atoms. The first kappa shape index (κ1) is 23.1. The first-order valence-corrected chi connectivity index (χ1v) is 10.0. The molecule has 3 rings (SSSR count). The van der Waals surface area contributed by atoms with Gasteiger partial charge in [-0.2, -0.15) is 14.0 Å². The lowest BCUT2D eigenvalue weighted by Crippen LogP contribution is -2.43. The van der Waals surface area contributed by atoms with E-state index in [1.165, 1.54) is 12.1 Å². The number of nitrogens with one attached hydrogen (secondary N) is 1. The highest BCUT2D eigenvalue weighted by atomic mass is 19.3. The Morgan fingerprint density at radius 2 is 2.22 bits per heavy atom. The van der Waals surface area contributed by atoms with Gasteiger partial charge < -0.3 is 25.2 Å². The fourth-order valence-corrected chi connectivity index (χ4v) is 3.73. The molecule has 1 fully saturated rings. The molecular formula is C21H23F2N5O4. The zero-order valence-electron chi connectivity index (χ0n) is 17.4. The van der Waals surface area contributed by atoms with E-state index in [2.05, 4.69) is 31.2 Å². The first-order valence-electron chi connectivity index (χ1n) is 10.0. The van der Waals surface area contributed by atoms with Gasteiger partial charge in [-0.1, -0.05) is 0 Å². The third-order valence-electron chi connectivity index (χ3n) is 5.27. The lowest BCUT2D eigenvalue weighted by atomic mass is 10.0. The molecule has 1 atom stereocenters. The highest BCUT2D eigenvalue weighted by Gasteiger charge is 2.23. The summed E-state index contributed by atoms with van der Waals surface area (Å²) in [5.74, 6) is -1.07. The largest absolute Gasteiger partial charge is 0.507 e. The smallest absolute Gasteiger partial charge is 0.387 e. The average Bonchev–Trinajstić information content (AvgIpc) is 2.73. The van der Waals surface area contributed by atoms with Gasteiger partial charge in [0.25, 0.3) is 0 Å². The fourth-order valence-electron chi connectivity index (χ4n) is 3.73. The molecule has 0 bridgehead atoms. The Kier molecular flexibility index (Phi) is 7.37. The van der Waals surface area contributed by atoms with E-state index >= 15 is 0 Å². The maximum Gasteiger partial charge on any atom is 0.387 e. The summed E-state index contributed by atoms with van der Waals surface area (Å²) < 4.78 is 29.0. The molecule has 9 nitrogen and oxygen atoms in total. The first-order chi connectivity index (χ1) is 15.3. The van der Waals surface area contributed by atoms with Crippen LogP contribution in [0.2, 0.25) is 0 Å². The van der Waals surface area contributed by atoms with Gasteiger partial charge in [-0.3, -0.25) is 4.79 Å². The van der Waals surface area contributed by atoms with Crippen molar-refractivity contribution in [2.45, 2.75) is 38.8 Å². The van der Waals surface area contributed by atoms with E-state index in [0.717, 1.165) is 25.5 Å². The Bertz CT molecular complexity index is 1030. The second kappa shape index (κ2) is 10.2. The molecule has 170 valence electrons. The second-order valence-corrected chi connectivity index (χ2v) is 7.49. The van der Waals surface area contributed by atoms with Crippen LogP contribution in [0, 0.1) is 18.3 Å². The van der Waals surface area contributed by atoms with Gasteiger partial charge >= 0.3 is 12.6 Å². The number of phenolic OH excluding ortho intramolecular Hbond substituents is 1. The van der Waals surface area contributed by atoms with E-state index in [9.17, 15) is 23.9 Å². The molecule has 1 aromatic carbocycles. The minimum atomic E-state index is -3.02. The number of alkyl halides is 2. The molecule has 3 N–H and O–H groups in total. The van der Waals surface area contributed by atoms with Gasteiger partial charge in [0, 0.05) is 30.8 Å². The highest BCUT2D eigenvalue weighted by Crippen LogP contribution is 2.35. The number of anilines is 1. The molecular weight excluding hydrogens is 424 g/mol. The molecule has 2 aromatic rings. The molecule has 0 radical (unpaired) electrons. The van der Waals surface area contributed by atoms with Crippen LogP contribution in [0.15, 0.2) is 18.2 Å². The van der Waals surface area contributed by atoms with Crippen LogP contribution < -0.4 is 10.1 Å². The van der Waals surface area contributed by atoms with Gasteiger partial charge in [-0.05, 0) is 44.0 Å². The summed E-state index contributed by atoms with van der Waals surface area (Å²) in [7, 11) is 0. The summed E-state index contributed by atoms with van der Waals surface area (Å²) in [6.45, 7) is 0.527. The minimum Gasteiger partial charge on any atom is -0.507 e. The number of phenols is 1. The average molecular weight is 447 g/mol. The summed E-state index contributed by atoms with van der Waals surface area (Å²) in [6.07, 6.45) is 1.78. The summed E-state index contributed by atoms with van der Waals surface area (Å²) in [5, 5.41) is 40.4. The molecule has 1 aliphatic heterocycles. The minimum absolute atomic E-state index is 0.0247. The van der Waals surface area contributed by atoms with Crippen LogP contribution in [-0.2, 0) is 4.79 Å². The lowest BCUT2D eigenvalue weighted by molar-refractivity contribution is -0.137. The van der Waals surface area contributed by atoms with Crippen molar-refractivity contribution in [1.82, 2.24) is 15.1 Å². The number of ether oxygens (including phenoxy) is 1. The van der Waals surface area contributed by atoms with Crippen molar-refractivity contribution in [3.05, 3.63) is 29.3 Å². The Morgan fingerprint density at radius 1 is 1.44 bits per heavy atom. The topological polar surface area (TPSA) is 132 Å². The number of nitriles is 1. The summed E-state index contributed by atoms with van der Waals surface area (Å²) in [5.41, 5.74) is 1.21. The quantitative estimate of drug-likeness (QED) is 0.559. The number of halogens is 2. The van der Waals surface area contributed by atoms with Crippen LogP contribution in [0.5, 0.6) is 11.5 Å². The monoisotopic (exact) mass is 447 g/mol. The number of rotatable bonds is 8. The van der Waals surface area contributed by atoms with Crippen molar-refractivity contribution in [2.24, 2.45) is 0 Å². The van der Waals surface area contributed by atoms with Crippen LogP contribution in [0.25, 0.3) is 11.3 Å². The number of likely N-dealkylation sites (tertiary alicyclic amines) is 1. The molecule has 0 aliphatic carbocycles. The molecule has 11 heteroatoms. The van der Waals surface area contributed by atoms with E-state index < -0.39 is 12.6 Å². The van der Waals surface area contributed by atoms with Gasteiger partial charge in [0.2, 0.25) is 0 Å². The van der Waals surface area contributed by atoms with E-state index in [-0.39, 0.29) is 40.8 Å². The number of aromatic nitrogens is 2. The second-order valence-electron chi connectivity index (χ2n) is 7.49. The van der Waals surface area contributed by atoms with Gasteiger partial charge in [0.05, 0.1) is 6.42 Å². The molecule has 1 aromatic heterocycles. The Hall–Kier alpha value is -3.52. The summed E-state index contributed by atoms with van der Waals surface area (Å²) in [6, 6.07) is 5.78. The van der Waals surface area contributed by atoms with E-state index in [0.29, 0.717) is 24.5 Å². The third kappa shape index (κ3) is 5.59. The Labute approximate surface area is 183 Å². The predicted molar refractivity (Wildman–Crippen MR) is 111 cm³/mol. The van der Waals surface area contributed by atoms with Crippen molar-refractivity contribution in [3.8, 4) is 28.8 Å². The molecule has 1 unspecified atom stereocenters. The Balaban J connectivity index is 1.80. The maximum atomic E-state index is 12.4. The van der Waals surface area contributed by atoms with E-state index in [1.807, 2.05) is 0 Å². The van der Waals surface area contributed by atoms with E-state index in [1.54, 1.807) is 6.92 Å². The standard InChI is InChI=1S/C21H23F2N5O4/c1-12-16(10-24)20(25-13-3-2-7-28(11-13)8-6-18(30)31)27-26-19(12)15-5-4-14(9-17(15)29)32-21(22)23/h4-5,9,13,21,29H,2-3,6-8,11H2,1H3,(H,25,27)(H,30,31). The number of carboxylic acid groups (broad SMARTS) is 1. The number of hydrogen-bond acceptors (Lipinski definition) is 8. The molecule has 0 saturated carbocycles. The number of carbonyl (C=O) groups is 1. The van der Waals surface area contributed by atoms with Gasteiger partial charge in [-0.25, -0.2) is 0 Å². The van der Waals surface area contributed by atoms with Crippen molar-refractivity contribution in [1.29, 1.82) is 5.26 Å². The molecule has 0 spiro atoms. The SMILES string of the molecule is Cc1c(-c2ccc(OC(F)F)cc2O)nnc(NC2CCCN(CCC(=O)O)C2)c1C#N. The number of nitrogens with zero attached hydrogens (tertiary/aromatic N) is 4. The van der Waals surface area contributed by atoms with Crippen LogP contribution in [0.4, 0.5) is 14.6 Å². The normalized spacial score (nSPS) is 16.5. The predicted octanol–water partition coefficient (Wildman–Crippen LogP) is 2.98. The summed E-state index contributed by atoms with van der Waals surface area (Å²) >= 11 is 0. The number of hydrogen-bond donors (Lipinski definition) is 3. The number of piperidine rings is 1. The number of benzene rings is 1. The van der Waals surface area contributed by atoms with Gasteiger partial charge in [0.1, 0.15) is 28.8 Å². The number of carboxylic acids is 1. The van der Waals surface area contributed by atoms with Crippen molar-refractivity contribution in [2.75, 3.05) is 25.0 Å². The van der Waals surface area contributed by atoms with Gasteiger partial charge in [-0.15, -0.1) is 10.2 Å². The molecule has 2 heterocycles. The maximum absolute atomic E-state index is 12.4. The molecule has 1 aliphatic rings. The van der Waals surface area contributed by atoms with Crippen LogP contribution >= 0.6 is 0 Å². The van der Waals surface area contributed by atoms with Crippen molar-refractivity contribution in [3.63, 3.8) is 0 Å². The van der Waals surface area contributed by atoms with Crippen LogP contribution in [0.3, 0.4) is 0 Å². The molecule has 0 amide bonds. The van der Waals surface area contributed by atoms with E-state index in [4.69, 9.17) is 5.11 Å². The van der Waals surface area contributed by atoms with Crippen LogP contribution in [-0.4, -0.2) is 63.6 Å². The number of aliphatic carboxylic acids is 1. The Morgan fingerprint density at radius 3 is 2.88 bits per heavy atom. The highest BCUT2D eigenvalue weighted by molar-refractivity contribution is 5.74. The zero-order valence-corrected chi connectivity index (χ0v) is 17.4. The lowest BCUT2D eigenvalue weighted by Gasteiger charge is -2.33.